The van der Waals surface area contributed by atoms with Gasteiger partial charge in [-0.1, -0.05) is 0 Å². The van der Waals surface area contributed by atoms with Gasteiger partial charge in [0.2, 0.25) is 10.0 Å². The second kappa shape index (κ2) is 5.76. The fraction of sp³-hybridized carbons (Fsp3) is 0.400. The molecule has 9 heteroatoms. The average Bonchev–Trinajstić information content (AvgIpc) is 2.23. The maximum atomic E-state index is 11.2. The molecule has 0 spiro atoms. The summed E-state index contributed by atoms with van der Waals surface area (Å²) in [6, 6.07) is 4.07. The second-order valence-electron chi connectivity index (χ2n) is 4.20. The summed E-state index contributed by atoms with van der Waals surface area (Å²) in [6.07, 6.45) is 1.56. The van der Waals surface area contributed by atoms with Gasteiger partial charge < -0.3 is 11.1 Å². The summed E-state index contributed by atoms with van der Waals surface area (Å²) in [5.74, 6) is 0.0504. The third-order valence-corrected chi connectivity index (χ3v) is 4.30. The van der Waals surface area contributed by atoms with Crippen molar-refractivity contribution in [2.45, 2.75) is 11.3 Å². The first-order valence-electron chi connectivity index (χ1n) is 5.43. The van der Waals surface area contributed by atoms with Crippen molar-refractivity contribution in [3.8, 4) is 0 Å². The Hall–Kier alpha value is -1.32. The smallest absolute Gasteiger partial charge is 0.238 e. The van der Waals surface area contributed by atoms with Gasteiger partial charge in [0, 0.05) is 12.8 Å². The molecule has 0 aliphatic carbocycles. The molecule has 0 saturated heterocycles. The molecule has 1 aromatic rings. The van der Waals surface area contributed by atoms with Gasteiger partial charge in [-0.15, -0.1) is 0 Å². The Balaban J connectivity index is 2.73. The minimum absolute atomic E-state index is 0.0488. The van der Waals surface area contributed by atoms with Gasteiger partial charge in [-0.2, -0.15) is 0 Å². The van der Waals surface area contributed by atoms with Crippen LogP contribution in [0.3, 0.4) is 0 Å². The monoisotopic (exact) mass is 307 g/mol. The van der Waals surface area contributed by atoms with E-state index in [9.17, 15) is 16.8 Å². The summed E-state index contributed by atoms with van der Waals surface area (Å²) in [5, 5.41) is 7.90. The van der Waals surface area contributed by atoms with E-state index in [-0.39, 0.29) is 10.6 Å². The van der Waals surface area contributed by atoms with E-state index in [1.54, 1.807) is 0 Å². The zero-order valence-electron chi connectivity index (χ0n) is 10.5. The zero-order valence-corrected chi connectivity index (χ0v) is 12.1. The average molecular weight is 307 g/mol. The number of anilines is 2. The number of nitrogen functional groups attached to an aromatic ring is 1. The predicted molar refractivity (Wildman–Crippen MR) is 75.0 cm³/mol. The first-order valence-corrected chi connectivity index (χ1v) is 9.04. The van der Waals surface area contributed by atoms with E-state index in [1.807, 2.05) is 0 Å². The normalized spacial score (nSPS) is 12.3. The van der Waals surface area contributed by atoms with Crippen LogP contribution in [0, 0.1) is 0 Å². The predicted octanol–water partition coefficient (Wildman–Crippen LogP) is -0.237. The summed E-state index contributed by atoms with van der Waals surface area (Å²) < 4.78 is 44.3. The van der Waals surface area contributed by atoms with Gasteiger partial charge in [0.15, 0.2) is 0 Å². The van der Waals surface area contributed by atoms with Crippen LogP contribution < -0.4 is 16.2 Å². The van der Waals surface area contributed by atoms with Crippen molar-refractivity contribution in [1.82, 2.24) is 0 Å². The Kier molecular flexibility index (Phi) is 4.77. The summed E-state index contributed by atoms with van der Waals surface area (Å²) >= 11 is 0. The van der Waals surface area contributed by atoms with Crippen LogP contribution in [0.5, 0.6) is 0 Å². The lowest BCUT2D eigenvalue weighted by atomic mass is 10.2. The van der Waals surface area contributed by atoms with E-state index in [2.05, 4.69) is 5.32 Å². The van der Waals surface area contributed by atoms with Crippen LogP contribution in [-0.2, 0) is 19.9 Å². The SMILES string of the molecule is CS(=O)(=O)CCCNc1cc(S(N)(=O)=O)ccc1N. The third-order valence-electron chi connectivity index (χ3n) is 2.36. The third kappa shape index (κ3) is 5.45. The molecular formula is C10H17N3O4S2. The molecule has 0 saturated carbocycles. The molecule has 0 unspecified atom stereocenters. The molecular weight excluding hydrogens is 290 g/mol. The minimum atomic E-state index is -3.79. The molecule has 0 heterocycles. The highest BCUT2D eigenvalue weighted by Crippen LogP contribution is 2.22. The van der Waals surface area contributed by atoms with Crippen LogP contribution in [0.2, 0.25) is 0 Å². The van der Waals surface area contributed by atoms with E-state index in [1.165, 1.54) is 18.2 Å². The first-order chi connectivity index (χ1) is 8.59. The standard InChI is InChI=1S/C10H17N3O4S2/c1-18(14,15)6-2-5-13-10-7-8(19(12,16)17)3-4-9(10)11/h3-4,7,13H,2,5-6,11H2,1H3,(H2,12,16,17). The summed E-state index contributed by atoms with van der Waals surface area (Å²) in [6.45, 7) is 0.366. The minimum Gasteiger partial charge on any atom is -0.397 e. The van der Waals surface area contributed by atoms with E-state index in [0.29, 0.717) is 24.3 Å². The topological polar surface area (TPSA) is 132 Å². The van der Waals surface area contributed by atoms with Crippen molar-refractivity contribution in [2.24, 2.45) is 5.14 Å². The molecule has 1 aromatic carbocycles. The van der Waals surface area contributed by atoms with Crippen LogP contribution in [0.15, 0.2) is 23.1 Å². The molecule has 19 heavy (non-hydrogen) atoms. The second-order valence-corrected chi connectivity index (χ2v) is 8.03. The summed E-state index contributed by atoms with van der Waals surface area (Å²) in [5.41, 5.74) is 6.47. The fourth-order valence-electron chi connectivity index (χ4n) is 1.42. The molecule has 0 fully saturated rings. The maximum Gasteiger partial charge on any atom is 0.238 e. The molecule has 1 rings (SSSR count). The van der Waals surface area contributed by atoms with Crippen LogP contribution in [-0.4, -0.2) is 35.4 Å². The molecule has 0 aliphatic heterocycles. The molecule has 0 bridgehead atoms. The molecule has 108 valence electrons. The molecule has 0 aromatic heterocycles. The Morgan fingerprint density at radius 3 is 2.37 bits per heavy atom. The van der Waals surface area contributed by atoms with Crippen LogP contribution in [0.25, 0.3) is 0 Å². The number of nitrogens with two attached hydrogens (primary N) is 2. The van der Waals surface area contributed by atoms with Crippen molar-refractivity contribution in [2.75, 3.05) is 29.6 Å². The zero-order chi connectivity index (χ0) is 14.7. The number of sulfone groups is 1. The Bertz CT molecular complexity index is 653. The summed E-state index contributed by atoms with van der Waals surface area (Å²) in [4.78, 5) is -0.0488. The van der Waals surface area contributed by atoms with Gasteiger partial charge in [-0.05, 0) is 24.6 Å². The molecule has 0 amide bonds. The maximum absolute atomic E-state index is 11.2. The van der Waals surface area contributed by atoms with Crippen molar-refractivity contribution >= 4 is 31.2 Å². The molecule has 0 aliphatic rings. The van der Waals surface area contributed by atoms with Crippen LogP contribution in [0.1, 0.15) is 6.42 Å². The highest BCUT2D eigenvalue weighted by molar-refractivity contribution is 7.90. The number of nitrogens with one attached hydrogen (secondary N) is 1. The lowest BCUT2D eigenvalue weighted by Gasteiger charge is -2.10. The number of hydrogen-bond acceptors (Lipinski definition) is 6. The first kappa shape index (κ1) is 15.7. The van der Waals surface area contributed by atoms with Gasteiger partial charge in [0.1, 0.15) is 9.84 Å². The fourth-order valence-corrected chi connectivity index (χ4v) is 2.63. The van der Waals surface area contributed by atoms with Crippen LogP contribution >= 0.6 is 0 Å². The van der Waals surface area contributed by atoms with Gasteiger partial charge in [-0.3, -0.25) is 0 Å². The van der Waals surface area contributed by atoms with Crippen LogP contribution in [0.4, 0.5) is 11.4 Å². The summed E-state index contributed by atoms with van der Waals surface area (Å²) in [7, 11) is -6.79. The Morgan fingerprint density at radius 1 is 1.21 bits per heavy atom. The lowest BCUT2D eigenvalue weighted by Crippen LogP contribution is -2.14. The Morgan fingerprint density at radius 2 is 1.84 bits per heavy atom. The van der Waals surface area contributed by atoms with Gasteiger partial charge in [0.05, 0.1) is 22.0 Å². The number of hydrogen-bond donors (Lipinski definition) is 3. The molecule has 7 nitrogen and oxygen atoms in total. The van der Waals surface area contributed by atoms with Gasteiger partial charge in [-0.25, -0.2) is 22.0 Å². The van der Waals surface area contributed by atoms with Crippen molar-refractivity contribution in [1.29, 1.82) is 0 Å². The number of rotatable bonds is 6. The van der Waals surface area contributed by atoms with Crippen molar-refractivity contribution < 1.29 is 16.8 Å². The quantitative estimate of drug-likeness (QED) is 0.491. The Labute approximate surface area is 113 Å². The highest BCUT2D eigenvalue weighted by atomic mass is 32.2. The van der Waals surface area contributed by atoms with E-state index in [0.717, 1.165) is 6.26 Å². The van der Waals surface area contributed by atoms with E-state index < -0.39 is 19.9 Å². The highest BCUT2D eigenvalue weighted by Gasteiger charge is 2.10. The van der Waals surface area contributed by atoms with Gasteiger partial charge >= 0.3 is 0 Å². The lowest BCUT2D eigenvalue weighted by molar-refractivity contribution is 0.597. The van der Waals surface area contributed by atoms with Crippen molar-refractivity contribution in [3.05, 3.63) is 18.2 Å². The van der Waals surface area contributed by atoms with E-state index in [4.69, 9.17) is 10.9 Å². The number of sulfonamides is 1. The molecule has 0 radical (unpaired) electrons. The molecule has 5 N–H and O–H groups in total. The van der Waals surface area contributed by atoms with Gasteiger partial charge in [0.25, 0.3) is 0 Å². The van der Waals surface area contributed by atoms with Crippen molar-refractivity contribution in [3.63, 3.8) is 0 Å². The molecule has 0 atom stereocenters. The van der Waals surface area contributed by atoms with E-state index >= 15 is 0 Å². The number of primary sulfonamides is 1. The number of benzene rings is 1. The largest absolute Gasteiger partial charge is 0.397 e.